The highest BCUT2D eigenvalue weighted by molar-refractivity contribution is 7.07. The highest BCUT2D eigenvalue weighted by atomic mass is 35.5. The molecule has 0 spiro atoms. The maximum absolute atomic E-state index is 13.1. The molecular weight excluding hydrogens is 281 g/mol. The summed E-state index contributed by atoms with van der Waals surface area (Å²) in [5.74, 6) is -0.293. The third kappa shape index (κ3) is 4.03. The van der Waals surface area contributed by atoms with Gasteiger partial charge in [-0.05, 0) is 59.5 Å². The summed E-state index contributed by atoms with van der Waals surface area (Å²) >= 11 is 7.85. The Labute approximate surface area is 122 Å². The second-order valence-corrected chi connectivity index (χ2v) is 5.70. The van der Waals surface area contributed by atoms with Crippen LogP contribution >= 0.6 is 22.9 Å². The number of hydrogen-bond acceptors (Lipinski definition) is 2. The van der Waals surface area contributed by atoms with Crippen molar-refractivity contribution in [3.8, 4) is 0 Å². The second kappa shape index (κ2) is 7.04. The topological polar surface area (TPSA) is 12.0 Å². The molecule has 1 aromatic heterocycles. The number of benzene rings is 1. The lowest BCUT2D eigenvalue weighted by Gasteiger charge is -2.20. The zero-order valence-corrected chi connectivity index (χ0v) is 12.4. The Hall–Kier alpha value is -0.900. The van der Waals surface area contributed by atoms with Crippen LogP contribution in [0.15, 0.2) is 35.0 Å². The van der Waals surface area contributed by atoms with Crippen molar-refractivity contribution in [1.29, 1.82) is 0 Å². The van der Waals surface area contributed by atoms with Crippen LogP contribution in [-0.2, 0) is 6.42 Å². The van der Waals surface area contributed by atoms with Gasteiger partial charge in [0.15, 0.2) is 0 Å². The molecule has 2 aromatic rings. The van der Waals surface area contributed by atoms with Crippen molar-refractivity contribution >= 4 is 22.9 Å². The van der Waals surface area contributed by atoms with Crippen molar-refractivity contribution in [2.45, 2.75) is 25.8 Å². The molecule has 1 aromatic carbocycles. The van der Waals surface area contributed by atoms with Gasteiger partial charge in [-0.2, -0.15) is 11.3 Å². The van der Waals surface area contributed by atoms with E-state index in [1.807, 2.05) is 0 Å². The van der Waals surface area contributed by atoms with Crippen LogP contribution in [0.5, 0.6) is 0 Å². The predicted molar refractivity (Wildman–Crippen MR) is 80.5 cm³/mol. The molecule has 0 fully saturated rings. The SMILES string of the molecule is CCCNC(Cc1ccsc1)c1ccc(F)cc1Cl. The first-order valence-electron chi connectivity index (χ1n) is 6.40. The summed E-state index contributed by atoms with van der Waals surface area (Å²) in [5.41, 5.74) is 2.24. The summed E-state index contributed by atoms with van der Waals surface area (Å²) in [7, 11) is 0. The van der Waals surface area contributed by atoms with E-state index in [2.05, 4.69) is 29.1 Å². The van der Waals surface area contributed by atoms with E-state index in [-0.39, 0.29) is 11.9 Å². The molecular formula is C15H17ClFNS. The standard InChI is InChI=1S/C15H17ClFNS/c1-2-6-18-15(8-11-5-7-19-10-11)13-4-3-12(17)9-14(13)16/h3-5,7,9-10,15,18H,2,6,8H2,1H3. The summed E-state index contributed by atoms with van der Waals surface area (Å²) in [6, 6.07) is 6.86. The average molecular weight is 298 g/mol. The molecule has 1 N–H and O–H groups in total. The second-order valence-electron chi connectivity index (χ2n) is 4.51. The van der Waals surface area contributed by atoms with E-state index >= 15 is 0 Å². The minimum Gasteiger partial charge on any atom is -0.310 e. The van der Waals surface area contributed by atoms with Gasteiger partial charge in [-0.25, -0.2) is 4.39 Å². The van der Waals surface area contributed by atoms with E-state index in [0.29, 0.717) is 5.02 Å². The van der Waals surface area contributed by atoms with Crippen LogP contribution in [0.4, 0.5) is 4.39 Å². The largest absolute Gasteiger partial charge is 0.310 e. The monoisotopic (exact) mass is 297 g/mol. The summed E-state index contributed by atoms with van der Waals surface area (Å²) in [6.45, 7) is 3.05. The Balaban J connectivity index is 2.20. The van der Waals surface area contributed by atoms with Crippen molar-refractivity contribution < 1.29 is 4.39 Å². The Morgan fingerprint density at radius 3 is 2.84 bits per heavy atom. The number of nitrogens with one attached hydrogen (secondary N) is 1. The van der Waals surface area contributed by atoms with Crippen LogP contribution in [0, 0.1) is 5.82 Å². The molecule has 0 aliphatic heterocycles. The highest BCUT2D eigenvalue weighted by Gasteiger charge is 2.15. The molecule has 1 nitrogen and oxygen atoms in total. The first-order valence-corrected chi connectivity index (χ1v) is 7.72. The molecule has 102 valence electrons. The number of hydrogen-bond donors (Lipinski definition) is 1. The fourth-order valence-corrected chi connectivity index (χ4v) is 3.02. The van der Waals surface area contributed by atoms with Gasteiger partial charge in [0.1, 0.15) is 5.82 Å². The summed E-state index contributed by atoms with van der Waals surface area (Å²) < 4.78 is 13.1. The van der Waals surface area contributed by atoms with Crippen LogP contribution in [0.1, 0.15) is 30.5 Å². The molecule has 0 amide bonds. The number of halogens is 2. The van der Waals surface area contributed by atoms with Gasteiger partial charge in [-0.15, -0.1) is 0 Å². The third-order valence-corrected chi connectivity index (χ3v) is 4.06. The van der Waals surface area contributed by atoms with Crippen molar-refractivity contribution in [2.75, 3.05) is 6.54 Å². The van der Waals surface area contributed by atoms with Crippen molar-refractivity contribution in [1.82, 2.24) is 5.32 Å². The van der Waals surface area contributed by atoms with Crippen molar-refractivity contribution in [3.63, 3.8) is 0 Å². The van der Waals surface area contributed by atoms with Gasteiger partial charge in [0, 0.05) is 11.1 Å². The van der Waals surface area contributed by atoms with E-state index in [9.17, 15) is 4.39 Å². The lowest BCUT2D eigenvalue weighted by molar-refractivity contribution is 0.528. The first-order chi connectivity index (χ1) is 9.20. The summed E-state index contributed by atoms with van der Waals surface area (Å²) in [6.07, 6.45) is 1.92. The molecule has 0 saturated carbocycles. The Morgan fingerprint density at radius 2 is 2.21 bits per heavy atom. The number of rotatable bonds is 6. The maximum Gasteiger partial charge on any atom is 0.124 e. The van der Waals surface area contributed by atoms with Gasteiger partial charge in [-0.1, -0.05) is 24.6 Å². The molecule has 4 heteroatoms. The fraction of sp³-hybridized carbons (Fsp3) is 0.333. The Bertz CT molecular complexity index is 513. The smallest absolute Gasteiger partial charge is 0.124 e. The molecule has 0 saturated heterocycles. The molecule has 2 rings (SSSR count). The lowest BCUT2D eigenvalue weighted by atomic mass is 10.00. The van der Waals surface area contributed by atoms with Crippen LogP contribution in [0.3, 0.4) is 0 Å². The van der Waals surface area contributed by atoms with E-state index in [0.717, 1.165) is 24.9 Å². The minimum atomic E-state index is -0.293. The Kier molecular flexibility index (Phi) is 5.37. The molecule has 0 aliphatic rings. The fourth-order valence-electron chi connectivity index (χ4n) is 2.04. The van der Waals surface area contributed by atoms with E-state index < -0.39 is 0 Å². The van der Waals surface area contributed by atoms with E-state index in [1.165, 1.54) is 17.7 Å². The van der Waals surface area contributed by atoms with Gasteiger partial charge >= 0.3 is 0 Å². The third-order valence-electron chi connectivity index (χ3n) is 3.00. The quantitative estimate of drug-likeness (QED) is 0.806. The summed E-state index contributed by atoms with van der Waals surface area (Å²) in [4.78, 5) is 0. The van der Waals surface area contributed by atoms with Gasteiger partial charge in [0.25, 0.3) is 0 Å². The lowest BCUT2D eigenvalue weighted by Crippen LogP contribution is -2.24. The van der Waals surface area contributed by atoms with Crippen molar-refractivity contribution in [3.05, 3.63) is 57.0 Å². The van der Waals surface area contributed by atoms with Crippen LogP contribution in [0.25, 0.3) is 0 Å². The molecule has 1 heterocycles. The normalized spacial score (nSPS) is 12.6. The van der Waals surface area contributed by atoms with E-state index in [1.54, 1.807) is 17.4 Å². The molecule has 1 unspecified atom stereocenters. The van der Waals surface area contributed by atoms with Crippen LogP contribution in [-0.4, -0.2) is 6.54 Å². The molecule has 1 atom stereocenters. The van der Waals surface area contributed by atoms with Gasteiger partial charge in [0.05, 0.1) is 0 Å². The maximum atomic E-state index is 13.1. The zero-order valence-electron chi connectivity index (χ0n) is 10.8. The highest BCUT2D eigenvalue weighted by Crippen LogP contribution is 2.27. The molecule has 0 aliphatic carbocycles. The van der Waals surface area contributed by atoms with Crippen LogP contribution in [0.2, 0.25) is 5.02 Å². The zero-order chi connectivity index (χ0) is 13.7. The van der Waals surface area contributed by atoms with Gasteiger partial charge < -0.3 is 5.32 Å². The van der Waals surface area contributed by atoms with E-state index in [4.69, 9.17) is 11.6 Å². The number of thiophene rings is 1. The first kappa shape index (κ1) is 14.5. The van der Waals surface area contributed by atoms with Crippen molar-refractivity contribution in [2.24, 2.45) is 0 Å². The summed E-state index contributed by atoms with van der Waals surface area (Å²) in [5, 5.41) is 8.18. The predicted octanol–water partition coefficient (Wildman–Crippen LogP) is 4.82. The molecule has 0 bridgehead atoms. The van der Waals surface area contributed by atoms with Gasteiger partial charge in [-0.3, -0.25) is 0 Å². The molecule has 19 heavy (non-hydrogen) atoms. The average Bonchev–Trinajstić information content (AvgIpc) is 2.88. The molecule has 0 radical (unpaired) electrons. The minimum absolute atomic E-state index is 0.127. The van der Waals surface area contributed by atoms with Gasteiger partial charge in [0.2, 0.25) is 0 Å². The van der Waals surface area contributed by atoms with Crippen LogP contribution < -0.4 is 5.32 Å². The Morgan fingerprint density at radius 1 is 1.37 bits per heavy atom.